The fraction of sp³-hybridized carbons (Fsp3) is 0.650. The lowest BCUT2D eigenvalue weighted by Crippen LogP contribution is -2.48. The molecule has 25 heavy (non-hydrogen) atoms. The van der Waals surface area contributed by atoms with E-state index in [4.69, 9.17) is 0 Å². The maximum atomic E-state index is 13.1. The largest absolute Gasteiger partial charge is 0.370 e. The van der Waals surface area contributed by atoms with Crippen LogP contribution in [0.2, 0.25) is 0 Å². The standard InChI is InChI=1S/C20H30FN3O/c1-15(2)13-20(25)23-10-7-17(8-11-23)22-18-9-12-24(14-18)19-5-3-16(21)4-6-19/h3-6,15,17-18,22H,7-14H2,1-2H3/t18-/m1/s1. The van der Waals surface area contributed by atoms with Crippen LogP contribution in [0, 0.1) is 11.7 Å². The summed E-state index contributed by atoms with van der Waals surface area (Å²) < 4.78 is 13.1. The van der Waals surface area contributed by atoms with Gasteiger partial charge < -0.3 is 15.1 Å². The van der Waals surface area contributed by atoms with Crippen molar-refractivity contribution < 1.29 is 9.18 Å². The van der Waals surface area contributed by atoms with Crippen LogP contribution in [0.3, 0.4) is 0 Å². The molecule has 0 spiro atoms. The van der Waals surface area contributed by atoms with E-state index in [9.17, 15) is 9.18 Å². The molecular formula is C20H30FN3O. The maximum absolute atomic E-state index is 13.1. The van der Waals surface area contributed by atoms with E-state index in [1.807, 2.05) is 17.0 Å². The van der Waals surface area contributed by atoms with Crippen LogP contribution in [0.1, 0.15) is 39.5 Å². The van der Waals surface area contributed by atoms with Crippen molar-refractivity contribution in [3.63, 3.8) is 0 Å². The topological polar surface area (TPSA) is 35.6 Å². The first-order valence-electron chi connectivity index (χ1n) is 9.55. The first kappa shape index (κ1) is 18.2. The zero-order valence-electron chi connectivity index (χ0n) is 15.4. The van der Waals surface area contributed by atoms with Crippen LogP contribution in [0.25, 0.3) is 0 Å². The Hall–Kier alpha value is -1.62. The molecule has 1 amide bonds. The van der Waals surface area contributed by atoms with Crippen LogP contribution in [0.15, 0.2) is 24.3 Å². The zero-order chi connectivity index (χ0) is 17.8. The van der Waals surface area contributed by atoms with Gasteiger partial charge in [0.1, 0.15) is 5.82 Å². The third-order valence-electron chi connectivity index (χ3n) is 5.28. The molecular weight excluding hydrogens is 317 g/mol. The summed E-state index contributed by atoms with van der Waals surface area (Å²) in [6.07, 6.45) is 3.85. The van der Waals surface area contributed by atoms with E-state index < -0.39 is 0 Å². The number of amides is 1. The van der Waals surface area contributed by atoms with Crippen molar-refractivity contribution in [2.24, 2.45) is 5.92 Å². The lowest BCUT2D eigenvalue weighted by molar-refractivity contribution is -0.133. The molecule has 5 heteroatoms. The number of benzene rings is 1. The van der Waals surface area contributed by atoms with Crippen LogP contribution >= 0.6 is 0 Å². The van der Waals surface area contributed by atoms with Gasteiger partial charge in [-0.15, -0.1) is 0 Å². The predicted molar refractivity (Wildman–Crippen MR) is 99.2 cm³/mol. The van der Waals surface area contributed by atoms with Gasteiger partial charge in [0, 0.05) is 50.4 Å². The molecule has 2 saturated heterocycles. The lowest BCUT2D eigenvalue weighted by Gasteiger charge is -2.34. The molecule has 3 rings (SSSR count). The number of carbonyl (C=O) groups excluding carboxylic acids is 1. The molecule has 4 nitrogen and oxygen atoms in total. The number of piperidine rings is 1. The summed E-state index contributed by atoms with van der Waals surface area (Å²) in [7, 11) is 0. The highest BCUT2D eigenvalue weighted by Crippen LogP contribution is 2.22. The van der Waals surface area contributed by atoms with E-state index in [0.717, 1.165) is 51.1 Å². The summed E-state index contributed by atoms with van der Waals surface area (Å²) in [5, 5.41) is 3.78. The van der Waals surface area contributed by atoms with Crippen molar-refractivity contribution in [3.8, 4) is 0 Å². The van der Waals surface area contributed by atoms with E-state index in [1.165, 1.54) is 12.1 Å². The van der Waals surface area contributed by atoms with E-state index in [2.05, 4.69) is 24.1 Å². The Bertz CT molecular complexity index is 567. The summed E-state index contributed by atoms with van der Waals surface area (Å²) in [4.78, 5) is 16.5. The fourth-order valence-corrected chi connectivity index (χ4v) is 3.89. The Balaban J connectivity index is 1.42. The van der Waals surface area contributed by atoms with Crippen LogP contribution in [0.4, 0.5) is 10.1 Å². The average molecular weight is 347 g/mol. The molecule has 1 aromatic rings. The molecule has 2 heterocycles. The Kier molecular flexibility index (Phi) is 5.94. The highest BCUT2D eigenvalue weighted by molar-refractivity contribution is 5.76. The molecule has 1 atom stereocenters. The minimum absolute atomic E-state index is 0.184. The van der Waals surface area contributed by atoms with E-state index >= 15 is 0 Å². The van der Waals surface area contributed by atoms with E-state index in [0.29, 0.717) is 30.3 Å². The minimum Gasteiger partial charge on any atom is -0.370 e. The molecule has 2 aliphatic heterocycles. The van der Waals surface area contributed by atoms with Crippen molar-refractivity contribution in [1.29, 1.82) is 0 Å². The molecule has 0 aliphatic carbocycles. The average Bonchev–Trinajstić information content (AvgIpc) is 3.04. The number of anilines is 1. The van der Waals surface area contributed by atoms with Crippen LogP contribution in [-0.2, 0) is 4.79 Å². The Morgan fingerprint density at radius 1 is 1.12 bits per heavy atom. The number of hydrogen-bond donors (Lipinski definition) is 1. The number of halogens is 1. The summed E-state index contributed by atoms with van der Waals surface area (Å²) in [6, 6.07) is 7.75. The second-order valence-corrected chi connectivity index (χ2v) is 7.83. The van der Waals surface area contributed by atoms with Crippen molar-refractivity contribution in [2.45, 2.75) is 51.6 Å². The van der Waals surface area contributed by atoms with Gasteiger partial charge in [0.15, 0.2) is 0 Å². The monoisotopic (exact) mass is 347 g/mol. The minimum atomic E-state index is -0.184. The first-order chi connectivity index (χ1) is 12.0. The Morgan fingerprint density at radius 3 is 2.40 bits per heavy atom. The SMILES string of the molecule is CC(C)CC(=O)N1CCC(N[C@@H]2CCN(c3ccc(F)cc3)C2)CC1. The third kappa shape index (κ3) is 4.94. The lowest BCUT2D eigenvalue weighted by atomic mass is 10.0. The molecule has 1 aromatic carbocycles. The molecule has 0 bridgehead atoms. The van der Waals surface area contributed by atoms with E-state index in [1.54, 1.807) is 0 Å². The summed E-state index contributed by atoms with van der Waals surface area (Å²) >= 11 is 0. The molecule has 0 unspecified atom stereocenters. The quantitative estimate of drug-likeness (QED) is 0.889. The number of rotatable bonds is 5. The van der Waals surface area contributed by atoms with Gasteiger partial charge in [0.05, 0.1) is 0 Å². The predicted octanol–water partition coefficient (Wildman–Crippen LogP) is 3.03. The molecule has 0 radical (unpaired) electrons. The summed E-state index contributed by atoms with van der Waals surface area (Å²) in [5.41, 5.74) is 1.10. The van der Waals surface area contributed by atoms with Gasteiger partial charge in [0.25, 0.3) is 0 Å². The van der Waals surface area contributed by atoms with Crippen molar-refractivity contribution in [2.75, 3.05) is 31.1 Å². The van der Waals surface area contributed by atoms with Crippen molar-refractivity contribution in [1.82, 2.24) is 10.2 Å². The summed E-state index contributed by atoms with van der Waals surface area (Å²) in [5.74, 6) is 0.549. The molecule has 0 saturated carbocycles. The van der Waals surface area contributed by atoms with Gasteiger partial charge in [-0.25, -0.2) is 4.39 Å². The van der Waals surface area contributed by atoms with Crippen LogP contribution < -0.4 is 10.2 Å². The van der Waals surface area contributed by atoms with Gasteiger partial charge in [-0.3, -0.25) is 4.79 Å². The molecule has 2 fully saturated rings. The Labute approximate surface area is 150 Å². The number of nitrogens with zero attached hydrogens (tertiary/aromatic N) is 2. The fourth-order valence-electron chi connectivity index (χ4n) is 3.89. The highest BCUT2D eigenvalue weighted by Gasteiger charge is 2.28. The smallest absolute Gasteiger partial charge is 0.222 e. The first-order valence-corrected chi connectivity index (χ1v) is 9.55. The van der Waals surface area contributed by atoms with Gasteiger partial charge in [-0.2, -0.15) is 0 Å². The molecule has 2 aliphatic rings. The molecule has 138 valence electrons. The van der Waals surface area contributed by atoms with Gasteiger partial charge >= 0.3 is 0 Å². The van der Waals surface area contributed by atoms with E-state index in [-0.39, 0.29) is 5.82 Å². The van der Waals surface area contributed by atoms with Gasteiger partial charge in [-0.05, 0) is 49.4 Å². The van der Waals surface area contributed by atoms with Crippen LogP contribution in [-0.4, -0.2) is 49.1 Å². The van der Waals surface area contributed by atoms with Crippen molar-refractivity contribution >= 4 is 11.6 Å². The van der Waals surface area contributed by atoms with Gasteiger partial charge in [-0.1, -0.05) is 13.8 Å². The van der Waals surface area contributed by atoms with Crippen molar-refractivity contribution in [3.05, 3.63) is 30.1 Å². The third-order valence-corrected chi connectivity index (χ3v) is 5.28. The summed E-state index contributed by atoms with van der Waals surface area (Å²) in [6.45, 7) is 7.92. The number of carbonyl (C=O) groups is 1. The zero-order valence-corrected chi connectivity index (χ0v) is 15.4. The number of likely N-dealkylation sites (tertiary alicyclic amines) is 1. The number of nitrogens with one attached hydrogen (secondary N) is 1. The highest BCUT2D eigenvalue weighted by atomic mass is 19.1. The second kappa shape index (κ2) is 8.17. The molecule has 0 aromatic heterocycles. The second-order valence-electron chi connectivity index (χ2n) is 7.83. The maximum Gasteiger partial charge on any atom is 0.222 e. The van der Waals surface area contributed by atoms with Crippen LogP contribution in [0.5, 0.6) is 0 Å². The van der Waals surface area contributed by atoms with Gasteiger partial charge in [0.2, 0.25) is 5.91 Å². The molecule has 1 N–H and O–H groups in total. The number of hydrogen-bond acceptors (Lipinski definition) is 3. The Morgan fingerprint density at radius 2 is 1.76 bits per heavy atom. The normalized spacial score (nSPS) is 22.0.